The Bertz CT molecular complexity index is 1260. The molecule has 8 nitrogen and oxygen atoms in total. The number of fused-ring (bicyclic) bond motifs is 1. The van der Waals surface area contributed by atoms with Gasteiger partial charge >= 0.3 is 11.9 Å². The first-order valence-corrected chi connectivity index (χ1v) is 15.5. The van der Waals surface area contributed by atoms with E-state index >= 15 is 0 Å². The van der Waals surface area contributed by atoms with Crippen LogP contribution in [-0.4, -0.2) is 65.0 Å². The third kappa shape index (κ3) is 5.98. The zero-order chi connectivity index (χ0) is 28.7. The summed E-state index contributed by atoms with van der Waals surface area (Å²) in [6.45, 7) is 2.64. The second kappa shape index (κ2) is 12.0. The van der Waals surface area contributed by atoms with Crippen molar-refractivity contribution in [2.45, 2.75) is 95.2 Å². The number of likely N-dealkylation sites (tertiary alicyclic amines) is 1. The first-order chi connectivity index (χ1) is 19.7. The van der Waals surface area contributed by atoms with Crippen molar-refractivity contribution in [2.24, 2.45) is 17.8 Å². The molecule has 4 heterocycles. The fourth-order valence-electron chi connectivity index (χ4n) is 8.01. The summed E-state index contributed by atoms with van der Waals surface area (Å²) < 4.78 is 51.6. The first kappa shape index (κ1) is 29.2. The van der Waals surface area contributed by atoms with Crippen LogP contribution in [0.2, 0.25) is 0 Å². The minimum atomic E-state index is -4.55. The van der Waals surface area contributed by atoms with Crippen LogP contribution in [0.25, 0.3) is 5.52 Å². The van der Waals surface area contributed by atoms with Gasteiger partial charge < -0.3 is 4.74 Å². The van der Waals surface area contributed by atoms with Crippen molar-refractivity contribution in [1.82, 2.24) is 29.6 Å². The lowest BCUT2D eigenvalue weighted by Gasteiger charge is -2.46. The van der Waals surface area contributed by atoms with Crippen LogP contribution in [0.5, 0.6) is 0 Å². The van der Waals surface area contributed by atoms with Gasteiger partial charge in [0.25, 0.3) is 0 Å². The topological polar surface area (TPSA) is 66.2 Å². The Hall–Kier alpha value is -1.92. The standard InChI is InChI=1S/C30H45F3N6O2/c1-36-19-34-35-28(36)27(21-7-5-8-21)22-9-6-10-23(14-22)38-18-26-25(30(31,32)33)13-20(16-39(26)29(38)40)15-37-12-4-3-11-24(17-37)41-2/h13,16,18,21-24,27-28,34-35H,3-12,14-15,17,19H2,1-2H3/t22?,23?,24-,27+,28?/m0/s1. The molecule has 41 heavy (non-hydrogen) atoms. The number of alkyl halides is 3. The van der Waals surface area contributed by atoms with Crippen molar-refractivity contribution in [3.63, 3.8) is 0 Å². The molecule has 2 aliphatic heterocycles. The Morgan fingerprint density at radius 2 is 1.83 bits per heavy atom. The van der Waals surface area contributed by atoms with Crippen LogP contribution in [0.3, 0.4) is 0 Å². The van der Waals surface area contributed by atoms with Crippen LogP contribution in [0.1, 0.15) is 81.4 Å². The number of methoxy groups -OCH3 is 1. The predicted molar refractivity (Wildman–Crippen MR) is 151 cm³/mol. The highest BCUT2D eigenvalue weighted by atomic mass is 19.4. The van der Waals surface area contributed by atoms with Crippen molar-refractivity contribution in [3.05, 3.63) is 40.1 Å². The van der Waals surface area contributed by atoms with Crippen LogP contribution < -0.4 is 16.5 Å². The monoisotopic (exact) mass is 578 g/mol. The number of aromatic nitrogens is 2. The third-order valence-electron chi connectivity index (χ3n) is 10.3. The number of hydrogen-bond donors (Lipinski definition) is 2. The van der Waals surface area contributed by atoms with E-state index in [1.165, 1.54) is 35.9 Å². The second-order valence-electron chi connectivity index (χ2n) is 13.0. The number of pyridine rings is 1. The SMILES string of the molecule is CO[C@H]1CCCCN(Cc2cc(C(F)(F)F)c3cn(C4CCCC([C@@H](C5CCC5)C5NNCN5C)C4)c(=O)n3c2)C1. The molecule has 2 aliphatic carbocycles. The number of halogens is 3. The van der Waals surface area contributed by atoms with Crippen molar-refractivity contribution >= 4 is 5.52 Å². The molecule has 4 fully saturated rings. The average Bonchev–Trinajstić information content (AvgIpc) is 3.40. The number of rotatable bonds is 7. The molecule has 228 valence electrons. The fraction of sp³-hybridized carbons (Fsp3) is 0.767. The maximum absolute atomic E-state index is 14.4. The number of ether oxygens (including phenoxy) is 1. The highest BCUT2D eigenvalue weighted by Crippen LogP contribution is 2.47. The van der Waals surface area contributed by atoms with Gasteiger partial charge in [-0.15, -0.1) is 0 Å². The van der Waals surface area contributed by atoms with Gasteiger partial charge in [-0.2, -0.15) is 13.2 Å². The normalized spacial score (nSPS) is 30.0. The van der Waals surface area contributed by atoms with Gasteiger partial charge in [0.15, 0.2) is 0 Å². The zero-order valence-corrected chi connectivity index (χ0v) is 24.3. The third-order valence-corrected chi connectivity index (χ3v) is 10.3. The van der Waals surface area contributed by atoms with Crippen LogP contribution >= 0.6 is 0 Å². The van der Waals surface area contributed by atoms with Crippen LogP contribution in [0.15, 0.2) is 23.3 Å². The van der Waals surface area contributed by atoms with Crippen LogP contribution in [0.4, 0.5) is 13.2 Å². The number of hydrazine groups is 1. The average molecular weight is 579 g/mol. The largest absolute Gasteiger partial charge is 0.418 e. The van der Waals surface area contributed by atoms with Gasteiger partial charge in [-0.3, -0.25) is 18.8 Å². The van der Waals surface area contributed by atoms with Crippen molar-refractivity contribution in [2.75, 3.05) is 33.9 Å². The van der Waals surface area contributed by atoms with Gasteiger partial charge in [-0.05, 0) is 81.5 Å². The lowest BCUT2D eigenvalue weighted by Crippen LogP contribution is -2.50. The van der Waals surface area contributed by atoms with Crippen LogP contribution in [-0.2, 0) is 17.5 Å². The molecule has 5 atom stereocenters. The number of nitrogens with one attached hydrogen (secondary N) is 2. The summed E-state index contributed by atoms with van der Waals surface area (Å²) in [5.41, 5.74) is 6.13. The summed E-state index contributed by atoms with van der Waals surface area (Å²) >= 11 is 0. The Morgan fingerprint density at radius 1 is 1.05 bits per heavy atom. The van der Waals surface area contributed by atoms with E-state index in [0.29, 0.717) is 36.4 Å². The van der Waals surface area contributed by atoms with Gasteiger partial charge in [0.1, 0.15) is 0 Å². The Labute approximate surface area is 240 Å². The Morgan fingerprint density at radius 3 is 2.51 bits per heavy atom. The quantitative estimate of drug-likeness (QED) is 0.501. The van der Waals surface area contributed by atoms with E-state index in [9.17, 15) is 18.0 Å². The Balaban J connectivity index is 1.30. The Kier molecular flexibility index (Phi) is 8.53. The molecule has 0 bridgehead atoms. The summed E-state index contributed by atoms with van der Waals surface area (Å²) in [6, 6.07) is 1.15. The summed E-state index contributed by atoms with van der Waals surface area (Å²) in [5.74, 6) is 1.53. The van der Waals surface area contributed by atoms with Gasteiger partial charge in [-0.25, -0.2) is 15.6 Å². The van der Waals surface area contributed by atoms with Gasteiger partial charge in [0.05, 0.1) is 30.0 Å². The van der Waals surface area contributed by atoms with E-state index < -0.39 is 11.7 Å². The maximum Gasteiger partial charge on any atom is 0.418 e. The van der Waals surface area contributed by atoms with E-state index in [4.69, 9.17) is 4.74 Å². The van der Waals surface area contributed by atoms with Crippen LogP contribution in [0, 0.1) is 17.8 Å². The molecule has 11 heteroatoms. The first-order valence-electron chi connectivity index (χ1n) is 15.5. The molecule has 2 saturated heterocycles. The summed E-state index contributed by atoms with van der Waals surface area (Å²) in [6.07, 6.45) is 9.30. The minimum Gasteiger partial charge on any atom is -0.380 e. The van der Waals surface area contributed by atoms with E-state index in [2.05, 4.69) is 27.7 Å². The summed E-state index contributed by atoms with van der Waals surface area (Å²) in [5, 5.41) is 0. The summed E-state index contributed by atoms with van der Waals surface area (Å²) in [7, 11) is 3.82. The van der Waals surface area contributed by atoms with Gasteiger partial charge in [0, 0.05) is 38.6 Å². The lowest BCUT2D eigenvalue weighted by molar-refractivity contribution is -0.136. The van der Waals surface area contributed by atoms with Gasteiger partial charge in [-0.1, -0.05) is 25.7 Å². The molecule has 4 aliphatic rings. The molecule has 0 aromatic carbocycles. The molecule has 0 radical (unpaired) electrons. The number of hydrogen-bond acceptors (Lipinski definition) is 6. The van der Waals surface area contributed by atoms with Crippen molar-refractivity contribution < 1.29 is 17.9 Å². The number of nitrogens with zero attached hydrogens (tertiary/aromatic N) is 4. The maximum atomic E-state index is 14.4. The molecule has 6 rings (SSSR count). The molecule has 2 aromatic rings. The smallest absolute Gasteiger partial charge is 0.380 e. The van der Waals surface area contributed by atoms with Gasteiger partial charge in [0.2, 0.25) is 0 Å². The minimum absolute atomic E-state index is 0.0454. The molecule has 0 amide bonds. The molecule has 2 aromatic heterocycles. The van der Waals surface area contributed by atoms with Crippen molar-refractivity contribution in [1.29, 1.82) is 0 Å². The zero-order valence-electron chi connectivity index (χ0n) is 24.3. The molecule has 2 saturated carbocycles. The van der Waals surface area contributed by atoms with E-state index in [-0.39, 0.29) is 29.5 Å². The summed E-state index contributed by atoms with van der Waals surface area (Å²) in [4.78, 5) is 18.3. The molecule has 3 unspecified atom stereocenters. The highest BCUT2D eigenvalue weighted by Gasteiger charge is 2.44. The molecule has 2 N–H and O–H groups in total. The molecule has 0 spiro atoms. The second-order valence-corrected chi connectivity index (χ2v) is 13.0. The van der Waals surface area contributed by atoms with E-state index in [0.717, 1.165) is 58.2 Å². The number of imidazole rings is 1. The molecular weight excluding hydrogens is 533 g/mol. The lowest BCUT2D eigenvalue weighted by atomic mass is 9.65. The highest BCUT2D eigenvalue weighted by molar-refractivity contribution is 5.56. The van der Waals surface area contributed by atoms with Crippen molar-refractivity contribution in [3.8, 4) is 0 Å². The predicted octanol–water partition coefficient (Wildman–Crippen LogP) is 4.59. The van der Waals surface area contributed by atoms with E-state index in [1.807, 2.05) is 0 Å². The fourth-order valence-corrected chi connectivity index (χ4v) is 8.01. The van der Waals surface area contributed by atoms with E-state index in [1.54, 1.807) is 17.9 Å². The molecular formula is C30H45F3N6O2.